The summed E-state index contributed by atoms with van der Waals surface area (Å²) in [6, 6.07) is 0. The fourth-order valence-corrected chi connectivity index (χ4v) is 3.42. The molecule has 2 N–H and O–H groups in total. The van der Waals surface area contributed by atoms with Crippen molar-refractivity contribution in [3.05, 3.63) is 16.4 Å². The van der Waals surface area contributed by atoms with Gasteiger partial charge in [0, 0.05) is 26.2 Å². The summed E-state index contributed by atoms with van der Waals surface area (Å²) in [6.07, 6.45) is 0.967. The van der Waals surface area contributed by atoms with Gasteiger partial charge >= 0.3 is 6.09 Å². The Morgan fingerprint density at radius 2 is 1.87 bits per heavy atom. The minimum atomic E-state index is -0.565. The molecule has 1 saturated heterocycles. The van der Waals surface area contributed by atoms with Crippen LogP contribution in [0, 0.1) is 19.8 Å². The van der Waals surface area contributed by atoms with E-state index in [1.54, 1.807) is 37.3 Å². The van der Waals surface area contributed by atoms with Crippen LogP contribution in [0.4, 0.5) is 4.79 Å². The standard InChI is InChI=1S/C20H32ClN5O4/c1-13-17(21)14(2)26(24-13)12-16(27)25-10-6-7-15(11-25)18(28)22-8-9-23-19(29)30-20(3,4)5/h15H,6-12H2,1-5H3,(H,22,28)(H,23,29). The third-order valence-electron chi connectivity index (χ3n) is 4.82. The van der Waals surface area contributed by atoms with E-state index in [0.29, 0.717) is 30.4 Å². The number of halogens is 1. The molecule has 1 aromatic rings. The Morgan fingerprint density at radius 3 is 2.47 bits per heavy atom. The van der Waals surface area contributed by atoms with Gasteiger partial charge in [-0.3, -0.25) is 14.3 Å². The lowest BCUT2D eigenvalue weighted by molar-refractivity contribution is -0.136. The maximum Gasteiger partial charge on any atom is 0.407 e. The van der Waals surface area contributed by atoms with Crippen LogP contribution in [-0.4, -0.2) is 64.4 Å². The number of hydrogen-bond donors (Lipinski definition) is 2. The molecule has 0 aliphatic carbocycles. The van der Waals surface area contributed by atoms with Gasteiger partial charge in [0.05, 0.1) is 22.3 Å². The van der Waals surface area contributed by atoms with Gasteiger partial charge in [-0.1, -0.05) is 11.6 Å². The van der Waals surface area contributed by atoms with Crippen LogP contribution in [-0.2, 0) is 20.9 Å². The monoisotopic (exact) mass is 441 g/mol. The molecule has 1 unspecified atom stereocenters. The summed E-state index contributed by atoms with van der Waals surface area (Å²) < 4.78 is 6.75. The molecule has 1 fully saturated rings. The summed E-state index contributed by atoms with van der Waals surface area (Å²) in [5, 5.41) is 10.3. The minimum Gasteiger partial charge on any atom is -0.444 e. The first kappa shape index (κ1) is 24.0. The van der Waals surface area contributed by atoms with Gasteiger partial charge in [0.1, 0.15) is 12.1 Å². The van der Waals surface area contributed by atoms with E-state index in [1.165, 1.54) is 0 Å². The highest BCUT2D eigenvalue weighted by atomic mass is 35.5. The van der Waals surface area contributed by atoms with E-state index in [-0.39, 0.29) is 30.8 Å². The predicted molar refractivity (Wildman–Crippen MR) is 113 cm³/mol. The lowest BCUT2D eigenvalue weighted by Gasteiger charge is -2.32. The lowest BCUT2D eigenvalue weighted by atomic mass is 9.97. The second kappa shape index (κ2) is 10.1. The largest absolute Gasteiger partial charge is 0.444 e. The number of rotatable bonds is 6. The molecule has 30 heavy (non-hydrogen) atoms. The number of nitrogens with zero attached hydrogens (tertiary/aromatic N) is 3. The number of aryl methyl sites for hydroxylation is 1. The molecule has 168 valence electrons. The zero-order valence-corrected chi connectivity index (χ0v) is 19.1. The fourth-order valence-electron chi connectivity index (χ4n) is 3.28. The summed E-state index contributed by atoms with van der Waals surface area (Å²) in [4.78, 5) is 38.5. The number of carbonyl (C=O) groups excluding carboxylic acids is 3. The number of ether oxygens (including phenoxy) is 1. The van der Waals surface area contributed by atoms with Gasteiger partial charge in [0.25, 0.3) is 0 Å². The third-order valence-corrected chi connectivity index (χ3v) is 5.36. The van der Waals surface area contributed by atoms with Crippen LogP contribution in [0.3, 0.4) is 0 Å². The molecule has 0 spiro atoms. The zero-order valence-electron chi connectivity index (χ0n) is 18.4. The molecule has 0 aromatic carbocycles. The van der Waals surface area contributed by atoms with Crippen LogP contribution in [0.15, 0.2) is 0 Å². The topological polar surface area (TPSA) is 106 Å². The van der Waals surface area contributed by atoms with Crippen LogP contribution in [0.25, 0.3) is 0 Å². The first-order valence-corrected chi connectivity index (χ1v) is 10.6. The number of aromatic nitrogens is 2. The molecule has 1 atom stereocenters. The van der Waals surface area contributed by atoms with E-state index in [1.807, 2.05) is 6.92 Å². The Balaban J connectivity index is 1.78. The Bertz CT molecular complexity index is 787. The van der Waals surface area contributed by atoms with Gasteiger partial charge in [0.2, 0.25) is 11.8 Å². The van der Waals surface area contributed by atoms with Gasteiger partial charge in [0.15, 0.2) is 0 Å². The maximum absolute atomic E-state index is 12.7. The lowest BCUT2D eigenvalue weighted by Crippen LogP contribution is -2.47. The van der Waals surface area contributed by atoms with Crippen LogP contribution >= 0.6 is 11.6 Å². The third kappa shape index (κ3) is 6.90. The van der Waals surface area contributed by atoms with Crippen molar-refractivity contribution >= 4 is 29.5 Å². The molecule has 0 saturated carbocycles. The summed E-state index contributed by atoms with van der Waals surface area (Å²) in [6.45, 7) is 10.7. The van der Waals surface area contributed by atoms with Gasteiger partial charge < -0.3 is 20.3 Å². The summed E-state index contributed by atoms with van der Waals surface area (Å²) in [7, 11) is 0. The highest BCUT2D eigenvalue weighted by molar-refractivity contribution is 6.31. The van der Waals surface area contributed by atoms with Crippen molar-refractivity contribution < 1.29 is 19.1 Å². The zero-order chi connectivity index (χ0) is 22.5. The number of hydrogen-bond acceptors (Lipinski definition) is 5. The molecular weight excluding hydrogens is 410 g/mol. The molecule has 9 nitrogen and oxygen atoms in total. The second-order valence-corrected chi connectivity index (χ2v) is 8.92. The Hall–Kier alpha value is -2.29. The van der Waals surface area contributed by atoms with Gasteiger partial charge in [-0.2, -0.15) is 5.10 Å². The van der Waals surface area contributed by atoms with Crippen molar-refractivity contribution in [2.75, 3.05) is 26.2 Å². The van der Waals surface area contributed by atoms with Crippen molar-refractivity contribution in [3.63, 3.8) is 0 Å². The molecule has 3 amide bonds. The maximum atomic E-state index is 12.7. The number of nitrogens with one attached hydrogen (secondary N) is 2. The first-order valence-electron chi connectivity index (χ1n) is 10.2. The fraction of sp³-hybridized carbons (Fsp3) is 0.700. The highest BCUT2D eigenvalue weighted by Gasteiger charge is 2.29. The molecular formula is C20H32ClN5O4. The molecule has 2 rings (SSSR count). The van der Waals surface area contributed by atoms with Crippen molar-refractivity contribution in [2.45, 2.75) is 59.6 Å². The number of amides is 3. The van der Waals surface area contributed by atoms with Crippen molar-refractivity contribution in [1.29, 1.82) is 0 Å². The average Bonchev–Trinajstić information content (AvgIpc) is 2.90. The molecule has 1 aliphatic rings. The molecule has 0 radical (unpaired) electrons. The normalized spacial score (nSPS) is 16.9. The van der Waals surface area contributed by atoms with Crippen LogP contribution in [0.5, 0.6) is 0 Å². The van der Waals surface area contributed by atoms with Crippen LogP contribution < -0.4 is 10.6 Å². The number of alkyl carbamates (subject to hydrolysis) is 1. The molecule has 10 heteroatoms. The van der Waals surface area contributed by atoms with E-state index < -0.39 is 11.7 Å². The van der Waals surface area contributed by atoms with Crippen LogP contribution in [0.1, 0.15) is 45.0 Å². The van der Waals surface area contributed by atoms with E-state index in [4.69, 9.17) is 16.3 Å². The summed E-state index contributed by atoms with van der Waals surface area (Å²) in [5.41, 5.74) is 0.883. The number of likely N-dealkylation sites (tertiary alicyclic amines) is 1. The second-order valence-electron chi connectivity index (χ2n) is 8.54. The highest BCUT2D eigenvalue weighted by Crippen LogP contribution is 2.20. The van der Waals surface area contributed by atoms with Gasteiger partial charge in [-0.15, -0.1) is 0 Å². The van der Waals surface area contributed by atoms with E-state index in [9.17, 15) is 14.4 Å². The number of piperidine rings is 1. The quantitative estimate of drug-likeness (QED) is 0.657. The predicted octanol–water partition coefficient (Wildman–Crippen LogP) is 2.03. The number of carbonyl (C=O) groups is 3. The Morgan fingerprint density at radius 1 is 1.20 bits per heavy atom. The summed E-state index contributed by atoms with van der Waals surface area (Å²) in [5.74, 6) is -0.470. The first-order chi connectivity index (χ1) is 14.0. The van der Waals surface area contributed by atoms with Gasteiger partial charge in [-0.05, 0) is 47.5 Å². The van der Waals surface area contributed by atoms with Crippen molar-refractivity contribution in [1.82, 2.24) is 25.3 Å². The summed E-state index contributed by atoms with van der Waals surface area (Å²) >= 11 is 6.15. The smallest absolute Gasteiger partial charge is 0.407 e. The van der Waals surface area contributed by atoms with E-state index in [0.717, 1.165) is 18.5 Å². The molecule has 1 aliphatic heterocycles. The Kier molecular flexibility index (Phi) is 8.11. The average molecular weight is 442 g/mol. The minimum absolute atomic E-state index is 0.0821. The van der Waals surface area contributed by atoms with Crippen molar-refractivity contribution in [3.8, 4) is 0 Å². The molecule has 1 aromatic heterocycles. The van der Waals surface area contributed by atoms with E-state index >= 15 is 0 Å². The van der Waals surface area contributed by atoms with Crippen molar-refractivity contribution in [2.24, 2.45) is 5.92 Å². The van der Waals surface area contributed by atoms with Crippen LogP contribution in [0.2, 0.25) is 5.02 Å². The molecule has 2 heterocycles. The van der Waals surface area contributed by atoms with E-state index in [2.05, 4.69) is 15.7 Å². The SMILES string of the molecule is Cc1nn(CC(=O)N2CCCC(C(=O)NCCNC(=O)OC(C)(C)C)C2)c(C)c1Cl. The van der Waals surface area contributed by atoms with Gasteiger partial charge in [-0.25, -0.2) is 4.79 Å². The Labute approximate surface area is 182 Å². The molecule has 0 bridgehead atoms.